The Kier molecular flexibility index (Phi) is 42.8. The van der Waals surface area contributed by atoms with E-state index in [2.05, 4.69) is 47.1 Å². The first kappa shape index (κ1) is 117. The number of aromatic nitrogens is 4. The van der Waals surface area contributed by atoms with Crippen molar-refractivity contribution >= 4 is 115 Å². The van der Waals surface area contributed by atoms with E-state index < -0.39 is 75.4 Å². The minimum absolute atomic E-state index is 0. The van der Waals surface area contributed by atoms with Gasteiger partial charge in [-0.1, -0.05) is 209 Å². The second-order valence-corrected chi connectivity index (χ2v) is 37.9. The molecular weight excluding hydrogens is 1980 g/mol. The molecule has 0 fully saturated rings. The molecule has 9 aromatic carbocycles. The second-order valence-electron chi connectivity index (χ2n) is 35.5. The van der Waals surface area contributed by atoms with Gasteiger partial charge < -0.3 is 47.8 Å². The number of carbonyl (C=O) groups is 9. The number of benzene rings is 9. The number of aryl methyl sites for hydroxylation is 4. The van der Waals surface area contributed by atoms with Gasteiger partial charge in [-0.25, -0.2) is 14.4 Å². The van der Waals surface area contributed by atoms with Crippen molar-refractivity contribution < 1.29 is 81.8 Å². The molecule has 30 heteroatoms. The molecule has 0 amide bonds. The zero-order valence-electron chi connectivity index (χ0n) is 81.9. The summed E-state index contributed by atoms with van der Waals surface area (Å²) in [5.41, 5.74) is 11.0. The lowest BCUT2D eigenvalue weighted by Crippen LogP contribution is -2.36. The molecule has 3 atom stereocenters. The normalized spacial score (nSPS) is 11.4. The van der Waals surface area contributed by atoms with Gasteiger partial charge in [0.1, 0.15) is 52.8 Å². The van der Waals surface area contributed by atoms with Gasteiger partial charge in [-0.15, -0.1) is 0 Å². The highest BCUT2D eigenvalue weighted by molar-refractivity contribution is 9.08. The van der Waals surface area contributed by atoms with Gasteiger partial charge >= 0.3 is 23.9 Å². The van der Waals surface area contributed by atoms with E-state index in [4.69, 9.17) is 74.8 Å². The summed E-state index contributed by atoms with van der Waals surface area (Å²) in [6.07, 6.45) is 6.42. The number of aromatic carboxylic acids is 1. The average molecular weight is 2100 g/mol. The third-order valence-corrected chi connectivity index (χ3v) is 23.9. The minimum Gasteiger partial charge on any atom is -0.495 e. The van der Waals surface area contributed by atoms with Crippen molar-refractivity contribution in [3.8, 4) is 67.5 Å². The number of methoxy groups -OCH3 is 4. The summed E-state index contributed by atoms with van der Waals surface area (Å²) in [6, 6.07) is 59.2. The van der Waals surface area contributed by atoms with E-state index in [-0.39, 0.29) is 87.3 Å². The predicted octanol–water partition coefficient (Wildman–Crippen LogP) is 24.2. The van der Waals surface area contributed by atoms with Crippen LogP contribution in [0.4, 0.5) is 0 Å². The Balaban J connectivity index is 0.000000253. The number of carboxylic acid groups (broad SMARTS) is 2. The zero-order chi connectivity index (χ0) is 105. The quantitative estimate of drug-likeness (QED) is 0.0240. The van der Waals surface area contributed by atoms with E-state index in [1.54, 1.807) is 126 Å². The smallest absolute Gasteiger partial charge is 0.335 e. The van der Waals surface area contributed by atoms with Gasteiger partial charge in [-0.3, -0.25) is 57.1 Å². The topological polar surface area (TPSA) is 337 Å². The second kappa shape index (κ2) is 52.7. The Morgan fingerprint density at radius 3 is 0.917 bits per heavy atom. The fraction of sp³-hybridized carbons (Fsp3) is 0.272. The highest BCUT2D eigenvalue weighted by atomic mass is 79.9. The molecule has 3 unspecified atom stereocenters. The van der Waals surface area contributed by atoms with Crippen LogP contribution in [0.3, 0.4) is 0 Å². The lowest BCUT2D eigenvalue weighted by Gasteiger charge is -2.26. The maximum Gasteiger partial charge on any atom is 0.335 e. The van der Waals surface area contributed by atoms with Gasteiger partial charge in [0.05, 0.1) is 64.8 Å². The third-order valence-electron chi connectivity index (χ3n) is 22.3. The zero-order valence-corrected chi connectivity index (χ0v) is 86.5. The summed E-state index contributed by atoms with van der Waals surface area (Å²) >= 11 is 28.0. The monoisotopic (exact) mass is 2100 g/mol. The summed E-state index contributed by atoms with van der Waals surface area (Å²) in [5.74, 6) is -2.98. The van der Waals surface area contributed by atoms with Gasteiger partial charge in [0.15, 0.2) is 28.9 Å². The van der Waals surface area contributed by atoms with Crippen LogP contribution >= 0.6 is 62.3 Å². The van der Waals surface area contributed by atoms with Crippen LogP contribution < -0.4 is 41.2 Å². The van der Waals surface area contributed by atoms with E-state index in [0.29, 0.717) is 110 Å². The third kappa shape index (κ3) is 32.4. The minimum atomic E-state index is -1.13. The van der Waals surface area contributed by atoms with Crippen LogP contribution in [-0.4, -0.2) is 121 Å². The van der Waals surface area contributed by atoms with Crippen LogP contribution in [0.5, 0.6) is 23.0 Å². The predicted molar refractivity (Wildman–Crippen MR) is 571 cm³/mol. The molecule has 4 heterocycles. The van der Waals surface area contributed by atoms with Crippen LogP contribution in [0.25, 0.3) is 44.5 Å². The number of hydrogen-bond donors (Lipinski definition) is 2. The number of carboxylic acids is 2. The standard InChI is InChI=1S/C32H28ClNO6.C28H30ClNO5.C24H22ClNO5.C20H22ClNO5.C8H9Br.2CH4/c1-19-4-6-21(7-5-19)14-28(29(36)15-22-8-10-23(11-9-22)32(38)39)34-18-30(40-3)27(17-31(34)37)26-16-24(33)12-13-25(26)20(2)35;1-17-7-9-19(10-8-17)13-24(27(33)35-28(3,4)5)30-16-25(34-6)23(15-26(30)32)22-14-20(29)11-12-21(22)18(2)31;1-14-4-6-16(7-5-14)10-21(24(29)30)26-13-22(31-3)20(12-23(26)28)19-11-17(25)8-9-18(19)15(2)27;1-12(23)14-7-6-13(21)8-15(14)16-9-18(24)22(10-17(16)26-5)11-19(25)27-20(2,3)4;1-7-2-4-8(6-9)5-3-7;;/h4-13,16-18,28H,14-15H2,1-3H3,(H,38,39);7-12,14-16,24H,13H2,1-6H3;4-9,11-13,21H,10H2,1-3H3,(H,29,30);6-10H,11H2,1-5H3;2-5H,6H2,1H3;2*1H4. The molecule has 144 heavy (non-hydrogen) atoms. The number of Topliss-reactive ketones (excluding diaryl/α,β-unsaturated/α-hetero) is 5. The Hall–Kier alpha value is -14.2. The SMILES string of the molecule is C.C.COc1cn(C(Cc2ccc(C)cc2)C(=O)Cc2ccc(C(=O)O)cc2)c(=O)cc1-c1cc(Cl)ccc1C(C)=O.COc1cn(C(Cc2ccc(C)cc2)C(=O)O)c(=O)cc1-c1cc(Cl)ccc1C(C)=O.COc1cn(C(Cc2ccc(C)cc2)C(=O)OC(C)(C)C)c(=O)cc1-c1cc(Cl)ccc1C(C)=O.COc1cn(CC(=O)OC(C)(C)C)c(=O)cc1-c1cc(Cl)ccc1C(C)=O.Cc1ccc(CBr)cc1. The van der Waals surface area contributed by atoms with E-state index in [1.165, 1.54) is 142 Å². The maximum atomic E-state index is 13.7. The fourth-order valence-corrected chi connectivity index (χ4v) is 16.2. The van der Waals surface area contributed by atoms with Crippen LogP contribution in [0.1, 0.15) is 204 Å². The van der Waals surface area contributed by atoms with Crippen molar-refractivity contribution in [2.45, 2.75) is 179 Å². The Morgan fingerprint density at radius 1 is 0.347 bits per heavy atom. The number of ketones is 5. The molecule has 756 valence electrons. The molecular formula is C114H119BrCl4N4O21. The van der Waals surface area contributed by atoms with Gasteiger partial charge in [0.2, 0.25) is 0 Å². The van der Waals surface area contributed by atoms with Crippen LogP contribution in [0.2, 0.25) is 20.1 Å². The summed E-state index contributed by atoms with van der Waals surface area (Å²) < 4.78 is 38.0. The van der Waals surface area contributed by atoms with E-state index in [1.807, 2.05) is 93.6 Å². The Labute approximate surface area is 866 Å². The van der Waals surface area contributed by atoms with Crippen molar-refractivity contribution in [3.63, 3.8) is 0 Å². The summed E-state index contributed by atoms with van der Waals surface area (Å²) in [4.78, 5) is 163. The number of halogens is 5. The molecule has 13 rings (SSSR count). The van der Waals surface area contributed by atoms with Crippen molar-refractivity contribution in [1.82, 2.24) is 18.3 Å². The molecule has 2 N–H and O–H groups in total. The first-order valence-electron chi connectivity index (χ1n) is 44.7. The summed E-state index contributed by atoms with van der Waals surface area (Å²) in [6.45, 7) is 24.1. The summed E-state index contributed by atoms with van der Waals surface area (Å²) in [7, 11) is 5.78. The molecule has 0 saturated carbocycles. The van der Waals surface area contributed by atoms with Crippen molar-refractivity contribution in [3.05, 3.63) is 383 Å². The molecule has 4 aromatic heterocycles. The van der Waals surface area contributed by atoms with Crippen LogP contribution in [0.15, 0.2) is 262 Å². The van der Waals surface area contributed by atoms with Gasteiger partial charge in [0.25, 0.3) is 22.2 Å². The molecule has 0 aliphatic heterocycles. The molecule has 0 spiro atoms. The summed E-state index contributed by atoms with van der Waals surface area (Å²) in [5, 5.41) is 21.6. The molecule has 13 aromatic rings. The van der Waals surface area contributed by atoms with E-state index in [0.717, 1.165) is 43.3 Å². The number of esters is 2. The number of nitrogens with zero attached hydrogens (tertiary/aromatic N) is 4. The molecule has 0 aliphatic carbocycles. The van der Waals surface area contributed by atoms with Crippen molar-refractivity contribution in [2.75, 3.05) is 28.4 Å². The van der Waals surface area contributed by atoms with Gasteiger partial charge in [0, 0.05) is 120 Å². The highest BCUT2D eigenvalue weighted by Crippen LogP contribution is 2.40. The Morgan fingerprint density at radius 2 is 0.625 bits per heavy atom. The molecule has 0 radical (unpaired) electrons. The molecule has 25 nitrogen and oxygen atoms in total. The number of aliphatic carboxylic acids is 1. The van der Waals surface area contributed by atoms with Crippen LogP contribution in [0, 0.1) is 27.7 Å². The number of rotatable bonds is 30. The number of ether oxygens (including phenoxy) is 6. The molecule has 0 bridgehead atoms. The van der Waals surface area contributed by atoms with E-state index >= 15 is 0 Å². The average Bonchev–Trinajstić information content (AvgIpc) is 0.781. The van der Waals surface area contributed by atoms with Crippen LogP contribution in [-0.2, 0) is 66.2 Å². The number of alkyl halides is 1. The molecule has 0 saturated heterocycles. The lowest BCUT2D eigenvalue weighted by atomic mass is 9.95. The Bertz CT molecular complexity index is 7100. The van der Waals surface area contributed by atoms with Gasteiger partial charge in [-0.05, 0) is 232 Å². The highest BCUT2D eigenvalue weighted by Gasteiger charge is 2.32. The van der Waals surface area contributed by atoms with Gasteiger partial charge in [-0.2, -0.15) is 0 Å². The van der Waals surface area contributed by atoms with E-state index in [9.17, 15) is 72.5 Å². The first-order chi connectivity index (χ1) is 67.0. The number of hydrogen-bond acceptors (Lipinski definition) is 19. The lowest BCUT2D eigenvalue weighted by molar-refractivity contribution is -0.159. The number of pyridine rings is 4. The molecule has 0 aliphatic rings. The fourth-order valence-electron chi connectivity index (χ4n) is 15.1. The van der Waals surface area contributed by atoms with Crippen molar-refractivity contribution in [1.29, 1.82) is 0 Å². The first-order valence-corrected chi connectivity index (χ1v) is 47.4. The maximum absolute atomic E-state index is 13.7. The largest absolute Gasteiger partial charge is 0.495 e. The number of carbonyl (C=O) groups excluding carboxylic acids is 7. The van der Waals surface area contributed by atoms with Crippen molar-refractivity contribution in [2.24, 2.45) is 0 Å².